The molecule has 1 saturated heterocycles. The molecule has 6 nitrogen and oxygen atoms in total. The second kappa shape index (κ2) is 6.80. The van der Waals surface area contributed by atoms with Crippen LogP contribution >= 0.6 is 0 Å². The molecular formula is C18H19F3N6. The monoisotopic (exact) mass is 376 g/mol. The first-order chi connectivity index (χ1) is 12.9. The second-order valence-corrected chi connectivity index (χ2v) is 6.66. The van der Waals surface area contributed by atoms with Crippen molar-refractivity contribution in [1.29, 1.82) is 0 Å². The van der Waals surface area contributed by atoms with Crippen molar-refractivity contribution >= 4 is 16.6 Å². The van der Waals surface area contributed by atoms with Gasteiger partial charge in [0.1, 0.15) is 5.82 Å². The summed E-state index contributed by atoms with van der Waals surface area (Å²) in [4.78, 5) is 12.9. The molecule has 0 atom stereocenters. The molecule has 3 aromatic rings. The first kappa shape index (κ1) is 17.7. The average Bonchev–Trinajstić information content (AvgIpc) is 3.05. The van der Waals surface area contributed by atoms with Crippen molar-refractivity contribution in [2.75, 3.05) is 31.1 Å². The average molecular weight is 376 g/mol. The number of hydrogen-bond acceptors (Lipinski definition) is 5. The Morgan fingerprint density at radius 2 is 1.89 bits per heavy atom. The van der Waals surface area contributed by atoms with Gasteiger partial charge in [0.25, 0.3) is 0 Å². The molecule has 2 aromatic heterocycles. The van der Waals surface area contributed by atoms with Crippen LogP contribution in [0.3, 0.4) is 0 Å². The normalized spacial score (nSPS) is 16.2. The van der Waals surface area contributed by atoms with Crippen LogP contribution in [0.15, 0.2) is 30.5 Å². The minimum atomic E-state index is -4.36. The molecule has 0 bridgehead atoms. The Labute approximate surface area is 154 Å². The van der Waals surface area contributed by atoms with Crippen LogP contribution in [0.25, 0.3) is 10.9 Å². The number of fused-ring (bicyclic) bond motifs is 1. The lowest BCUT2D eigenvalue weighted by Gasteiger charge is -2.36. The molecule has 0 aliphatic carbocycles. The van der Waals surface area contributed by atoms with Crippen LogP contribution in [-0.2, 0) is 12.7 Å². The number of anilines is 1. The largest absolute Gasteiger partial charge is 0.416 e. The van der Waals surface area contributed by atoms with E-state index in [0.717, 1.165) is 61.0 Å². The zero-order valence-electron chi connectivity index (χ0n) is 14.8. The lowest BCUT2D eigenvalue weighted by atomic mass is 10.1. The summed E-state index contributed by atoms with van der Waals surface area (Å²) in [6.45, 7) is 5.78. The number of aromatic amines is 1. The van der Waals surface area contributed by atoms with Gasteiger partial charge in [0, 0.05) is 43.4 Å². The zero-order valence-corrected chi connectivity index (χ0v) is 14.8. The van der Waals surface area contributed by atoms with E-state index >= 15 is 0 Å². The van der Waals surface area contributed by atoms with Gasteiger partial charge < -0.3 is 4.90 Å². The van der Waals surface area contributed by atoms with Gasteiger partial charge in [0.05, 0.1) is 17.6 Å². The zero-order chi connectivity index (χ0) is 19.0. The van der Waals surface area contributed by atoms with Crippen molar-refractivity contribution in [2.24, 2.45) is 0 Å². The number of aryl methyl sites for hydroxylation is 1. The minimum absolute atomic E-state index is 0.362. The van der Waals surface area contributed by atoms with E-state index in [1.54, 1.807) is 6.20 Å². The standard InChI is InChI=1S/C18H19F3N6/c1-12-23-17(25-24-12)11-26-6-8-27(9-7-26)16-4-5-22-15-10-13(18(19,20)21)2-3-14(15)16/h2-5,10H,6-9,11H2,1H3,(H,23,24,25). The molecule has 1 aromatic carbocycles. The van der Waals surface area contributed by atoms with Gasteiger partial charge >= 0.3 is 6.18 Å². The molecule has 9 heteroatoms. The molecule has 0 radical (unpaired) electrons. The number of piperazine rings is 1. The van der Waals surface area contributed by atoms with Crippen LogP contribution < -0.4 is 4.90 Å². The summed E-state index contributed by atoms with van der Waals surface area (Å²) in [7, 11) is 0. The van der Waals surface area contributed by atoms with Crippen LogP contribution in [0, 0.1) is 6.92 Å². The Morgan fingerprint density at radius 1 is 1.11 bits per heavy atom. The van der Waals surface area contributed by atoms with Gasteiger partial charge in [-0.1, -0.05) is 6.07 Å². The number of alkyl halides is 3. The van der Waals surface area contributed by atoms with Crippen molar-refractivity contribution in [3.63, 3.8) is 0 Å². The van der Waals surface area contributed by atoms with E-state index in [4.69, 9.17) is 0 Å². The summed E-state index contributed by atoms with van der Waals surface area (Å²) in [5.74, 6) is 1.57. The number of halogens is 3. The van der Waals surface area contributed by atoms with Crippen molar-refractivity contribution in [3.8, 4) is 0 Å². The molecule has 1 aliphatic rings. The van der Waals surface area contributed by atoms with Gasteiger partial charge in [-0.2, -0.15) is 18.3 Å². The number of aromatic nitrogens is 4. The third-order valence-corrected chi connectivity index (χ3v) is 4.77. The summed E-state index contributed by atoms with van der Waals surface area (Å²) in [6, 6.07) is 5.61. The highest BCUT2D eigenvalue weighted by Crippen LogP contribution is 2.33. The fraction of sp³-hybridized carbons (Fsp3) is 0.389. The lowest BCUT2D eigenvalue weighted by Crippen LogP contribution is -2.46. The highest BCUT2D eigenvalue weighted by atomic mass is 19.4. The van der Waals surface area contributed by atoms with E-state index < -0.39 is 11.7 Å². The molecule has 1 fully saturated rings. The SMILES string of the molecule is Cc1nc(CN2CCN(c3ccnc4cc(C(F)(F)F)ccc34)CC2)n[nH]1. The fourth-order valence-electron chi connectivity index (χ4n) is 3.39. The van der Waals surface area contributed by atoms with Crippen molar-refractivity contribution in [1.82, 2.24) is 25.1 Å². The number of nitrogens with one attached hydrogen (secondary N) is 1. The highest BCUT2D eigenvalue weighted by Gasteiger charge is 2.31. The Balaban J connectivity index is 1.50. The van der Waals surface area contributed by atoms with Gasteiger partial charge in [-0.15, -0.1) is 0 Å². The predicted octanol–water partition coefficient (Wildman–Crippen LogP) is 3.00. The lowest BCUT2D eigenvalue weighted by molar-refractivity contribution is -0.137. The third-order valence-electron chi connectivity index (χ3n) is 4.77. The number of pyridine rings is 1. The minimum Gasteiger partial charge on any atom is -0.368 e. The summed E-state index contributed by atoms with van der Waals surface area (Å²) >= 11 is 0. The molecule has 0 spiro atoms. The number of hydrogen-bond donors (Lipinski definition) is 1. The maximum absolute atomic E-state index is 12.9. The van der Waals surface area contributed by atoms with Crippen molar-refractivity contribution in [2.45, 2.75) is 19.6 Å². The quantitative estimate of drug-likeness (QED) is 0.762. The first-order valence-corrected chi connectivity index (χ1v) is 8.71. The number of rotatable bonds is 3. The molecule has 0 unspecified atom stereocenters. The van der Waals surface area contributed by atoms with E-state index in [1.807, 2.05) is 13.0 Å². The maximum Gasteiger partial charge on any atom is 0.416 e. The Morgan fingerprint density at radius 3 is 2.56 bits per heavy atom. The Kier molecular flexibility index (Phi) is 4.47. The Bertz CT molecular complexity index is 944. The third kappa shape index (κ3) is 3.73. The van der Waals surface area contributed by atoms with Gasteiger partial charge in [-0.05, 0) is 25.1 Å². The van der Waals surface area contributed by atoms with Crippen LogP contribution in [0.1, 0.15) is 17.2 Å². The van der Waals surface area contributed by atoms with E-state index in [-0.39, 0.29) is 0 Å². The molecule has 0 saturated carbocycles. The van der Waals surface area contributed by atoms with Crippen LogP contribution in [-0.4, -0.2) is 51.2 Å². The van der Waals surface area contributed by atoms with E-state index in [0.29, 0.717) is 12.1 Å². The molecule has 1 aliphatic heterocycles. The molecule has 1 N–H and O–H groups in total. The number of nitrogens with zero attached hydrogens (tertiary/aromatic N) is 5. The summed E-state index contributed by atoms with van der Waals surface area (Å²) in [6.07, 6.45) is -2.79. The first-order valence-electron chi connectivity index (χ1n) is 8.71. The van der Waals surface area contributed by atoms with E-state index in [9.17, 15) is 13.2 Å². The maximum atomic E-state index is 12.9. The highest BCUT2D eigenvalue weighted by molar-refractivity contribution is 5.92. The summed E-state index contributed by atoms with van der Waals surface area (Å²) in [5.41, 5.74) is 0.606. The topological polar surface area (TPSA) is 60.9 Å². The van der Waals surface area contributed by atoms with Gasteiger partial charge in [-0.25, -0.2) is 4.98 Å². The van der Waals surface area contributed by atoms with Crippen molar-refractivity contribution in [3.05, 3.63) is 47.7 Å². The molecule has 142 valence electrons. The van der Waals surface area contributed by atoms with Crippen molar-refractivity contribution < 1.29 is 13.2 Å². The smallest absolute Gasteiger partial charge is 0.368 e. The molecule has 27 heavy (non-hydrogen) atoms. The number of H-pyrrole nitrogens is 1. The fourth-order valence-corrected chi connectivity index (χ4v) is 3.39. The van der Waals surface area contributed by atoms with Crippen LogP contribution in [0.5, 0.6) is 0 Å². The van der Waals surface area contributed by atoms with E-state index in [2.05, 4.69) is 30.0 Å². The molecule has 0 amide bonds. The van der Waals surface area contributed by atoms with E-state index in [1.165, 1.54) is 6.07 Å². The van der Waals surface area contributed by atoms with Gasteiger partial charge in [0.15, 0.2) is 5.82 Å². The Hall–Kier alpha value is -2.68. The van der Waals surface area contributed by atoms with Crippen LogP contribution in [0.2, 0.25) is 0 Å². The molecule has 4 rings (SSSR count). The van der Waals surface area contributed by atoms with Gasteiger partial charge in [0.2, 0.25) is 0 Å². The molecular weight excluding hydrogens is 357 g/mol. The van der Waals surface area contributed by atoms with Crippen LogP contribution in [0.4, 0.5) is 18.9 Å². The second-order valence-electron chi connectivity index (χ2n) is 6.66. The summed E-state index contributed by atoms with van der Waals surface area (Å²) in [5, 5.41) is 7.75. The number of benzene rings is 1. The molecule has 3 heterocycles. The summed E-state index contributed by atoms with van der Waals surface area (Å²) < 4.78 is 38.8. The predicted molar refractivity (Wildman–Crippen MR) is 95.4 cm³/mol. The van der Waals surface area contributed by atoms with Gasteiger partial charge in [-0.3, -0.25) is 15.0 Å².